The molecule has 2 aromatic carbocycles. The summed E-state index contributed by atoms with van der Waals surface area (Å²) in [4.78, 5) is 14.9. The lowest BCUT2D eigenvalue weighted by molar-refractivity contribution is -0.119. The van der Waals surface area contributed by atoms with E-state index >= 15 is 0 Å². The molecule has 150 valence electrons. The number of hydrogen-bond donors (Lipinski definition) is 1. The predicted octanol–water partition coefficient (Wildman–Crippen LogP) is 3.42. The van der Waals surface area contributed by atoms with Crippen LogP contribution in [0.25, 0.3) is 0 Å². The molecule has 8 heteroatoms. The van der Waals surface area contributed by atoms with Crippen molar-refractivity contribution in [2.24, 2.45) is 0 Å². The number of nitrogens with zero attached hydrogens (tertiary/aromatic N) is 1. The van der Waals surface area contributed by atoms with Crippen LogP contribution in [0.3, 0.4) is 0 Å². The van der Waals surface area contributed by atoms with Gasteiger partial charge in [-0.2, -0.15) is 0 Å². The van der Waals surface area contributed by atoms with E-state index in [1.54, 1.807) is 36.3 Å². The number of fused-ring (bicyclic) bond motifs is 1. The number of anilines is 1. The zero-order valence-corrected chi connectivity index (χ0v) is 18.4. The lowest BCUT2D eigenvalue weighted by Crippen LogP contribution is -2.39. The van der Waals surface area contributed by atoms with Gasteiger partial charge in [-0.3, -0.25) is 4.79 Å². The summed E-state index contributed by atoms with van der Waals surface area (Å²) in [5.41, 5.74) is 2.70. The minimum atomic E-state index is -3.49. The Labute approximate surface area is 174 Å². The van der Waals surface area contributed by atoms with Crippen LogP contribution in [0.4, 0.5) is 5.69 Å². The lowest BCUT2D eigenvalue weighted by Gasteiger charge is -2.26. The molecular formula is C20H23BrN2O4S. The van der Waals surface area contributed by atoms with Crippen LogP contribution >= 0.6 is 15.9 Å². The molecule has 0 aliphatic carbocycles. The molecule has 1 aliphatic heterocycles. The summed E-state index contributed by atoms with van der Waals surface area (Å²) < 4.78 is 32.5. The van der Waals surface area contributed by atoms with E-state index in [1.165, 1.54) is 0 Å². The summed E-state index contributed by atoms with van der Waals surface area (Å²) in [7, 11) is -1.93. The highest BCUT2D eigenvalue weighted by Gasteiger charge is 2.32. The first kappa shape index (κ1) is 20.8. The van der Waals surface area contributed by atoms with Gasteiger partial charge in [0.15, 0.2) is 0 Å². The largest absolute Gasteiger partial charge is 0.497 e. The molecule has 0 saturated carbocycles. The minimum Gasteiger partial charge on any atom is -0.497 e. The Hall–Kier alpha value is -1.90. The number of ether oxygens (including phenoxy) is 1. The summed E-state index contributed by atoms with van der Waals surface area (Å²) in [6.07, 6.45) is 1.89. The molecule has 0 saturated heterocycles. The molecule has 2 atom stereocenters. The molecule has 1 aliphatic rings. The molecule has 3 rings (SSSR count). The predicted molar refractivity (Wildman–Crippen MR) is 113 cm³/mol. The molecule has 0 fully saturated rings. The second-order valence-electron chi connectivity index (χ2n) is 7.01. The Morgan fingerprint density at radius 3 is 2.57 bits per heavy atom. The number of halogens is 1. The summed E-state index contributed by atoms with van der Waals surface area (Å²) in [5, 5.41) is 0. The fourth-order valence-electron chi connectivity index (χ4n) is 3.57. The Morgan fingerprint density at radius 1 is 1.29 bits per heavy atom. The second-order valence-corrected chi connectivity index (χ2v) is 9.71. The zero-order chi connectivity index (χ0) is 20.5. The molecule has 0 bridgehead atoms. The van der Waals surface area contributed by atoms with Gasteiger partial charge >= 0.3 is 0 Å². The number of benzene rings is 2. The van der Waals surface area contributed by atoms with E-state index in [2.05, 4.69) is 20.7 Å². The summed E-state index contributed by atoms with van der Waals surface area (Å²) in [5.74, 6) is 0.548. The Kier molecular flexibility index (Phi) is 6.12. The molecule has 0 unspecified atom stereocenters. The van der Waals surface area contributed by atoms with Crippen LogP contribution in [0.2, 0.25) is 0 Å². The number of amides is 1. The van der Waals surface area contributed by atoms with Gasteiger partial charge in [-0.15, -0.1) is 0 Å². The smallest absolute Gasteiger partial charge is 0.229 e. The van der Waals surface area contributed by atoms with Crippen molar-refractivity contribution in [1.29, 1.82) is 0 Å². The molecule has 0 spiro atoms. The minimum absolute atomic E-state index is 0.0200. The summed E-state index contributed by atoms with van der Waals surface area (Å²) in [6, 6.07) is 12.3. The van der Waals surface area contributed by atoms with Crippen molar-refractivity contribution in [1.82, 2.24) is 4.72 Å². The van der Waals surface area contributed by atoms with Crippen molar-refractivity contribution >= 4 is 37.5 Å². The van der Waals surface area contributed by atoms with Gasteiger partial charge in [0.2, 0.25) is 15.9 Å². The van der Waals surface area contributed by atoms with Crippen molar-refractivity contribution in [3.8, 4) is 5.75 Å². The van der Waals surface area contributed by atoms with Gasteiger partial charge in [0.1, 0.15) is 5.75 Å². The highest BCUT2D eigenvalue weighted by atomic mass is 79.9. The van der Waals surface area contributed by atoms with E-state index in [-0.39, 0.29) is 18.4 Å². The Bertz CT molecular complexity index is 976. The van der Waals surface area contributed by atoms with Crippen LogP contribution < -0.4 is 14.4 Å². The first-order valence-electron chi connectivity index (χ1n) is 8.89. The molecule has 2 aromatic rings. The van der Waals surface area contributed by atoms with E-state index in [4.69, 9.17) is 4.74 Å². The van der Waals surface area contributed by atoms with Gasteiger partial charge in [-0.25, -0.2) is 13.1 Å². The first-order valence-corrected chi connectivity index (χ1v) is 11.6. The van der Waals surface area contributed by atoms with Gasteiger partial charge in [0, 0.05) is 22.6 Å². The van der Waals surface area contributed by atoms with Crippen LogP contribution in [0, 0.1) is 0 Å². The third kappa shape index (κ3) is 4.74. The number of methoxy groups -OCH3 is 1. The fraction of sp³-hybridized carbons (Fsp3) is 0.350. The third-order valence-corrected chi connectivity index (χ3v) is 5.99. The average Bonchev–Trinajstić information content (AvgIpc) is 2.95. The van der Waals surface area contributed by atoms with Crippen molar-refractivity contribution in [3.05, 3.63) is 58.1 Å². The van der Waals surface area contributed by atoms with Crippen molar-refractivity contribution < 1.29 is 17.9 Å². The van der Waals surface area contributed by atoms with Crippen LogP contribution in [-0.4, -0.2) is 33.7 Å². The summed E-state index contributed by atoms with van der Waals surface area (Å²) >= 11 is 3.47. The third-order valence-electron chi connectivity index (χ3n) is 4.78. The number of sulfonamides is 1. The molecule has 0 radical (unpaired) electrons. The maximum Gasteiger partial charge on any atom is 0.229 e. The molecule has 28 heavy (non-hydrogen) atoms. The quantitative estimate of drug-likeness (QED) is 0.707. The number of hydrogen-bond acceptors (Lipinski definition) is 4. The maximum atomic E-state index is 13.2. The molecule has 1 amide bonds. The summed E-state index contributed by atoms with van der Waals surface area (Å²) in [6.45, 7) is 2.00. The van der Waals surface area contributed by atoms with Gasteiger partial charge < -0.3 is 9.64 Å². The number of carbonyl (C=O) groups excluding carboxylic acids is 1. The van der Waals surface area contributed by atoms with Crippen LogP contribution in [0.15, 0.2) is 46.9 Å². The van der Waals surface area contributed by atoms with E-state index in [0.29, 0.717) is 11.3 Å². The number of carbonyl (C=O) groups is 1. The molecule has 0 aromatic heterocycles. The van der Waals surface area contributed by atoms with Gasteiger partial charge in [0.05, 0.1) is 19.4 Å². The lowest BCUT2D eigenvalue weighted by atomic mass is 10.0. The van der Waals surface area contributed by atoms with Crippen LogP contribution in [0.1, 0.15) is 30.5 Å². The molecular weight excluding hydrogens is 444 g/mol. The Balaban J connectivity index is 1.87. The number of rotatable bonds is 6. The van der Waals surface area contributed by atoms with Gasteiger partial charge in [-0.05, 0) is 54.8 Å². The fourth-order valence-corrected chi connectivity index (χ4v) is 4.72. The highest BCUT2D eigenvalue weighted by molar-refractivity contribution is 9.10. The first-order chi connectivity index (χ1) is 13.2. The standard InChI is InChI=1S/C20H23BrN2O4S/c1-13-10-15-11-16(21)6-9-19(15)23(13)20(24)12-18(22-28(3,25)26)14-4-7-17(27-2)8-5-14/h4-9,11,13,18,22H,10,12H2,1-3H3/t13-,18+/m0/s1. The van der Waals surface area contributed by atoms with Crippen LogP contribution in [-0.2, 0) is 21.2 Å². The van der Waals surface area contributed by atoms with Gasteiger partial charge in [0.25, 0.3) is 0 Å². The van der Waals surface area contributed by atoms with E-state index < -0.39 is 16.1 Å². The Morgan fingerprint density at radius 2 is 1.96 bits per heavy atom. The topological polar surface area (TPSA) is 75.7 Å². The van der Waals surface area contributed by atoms with Crippen molar-refractivity contribution in [2.45, 2.75) is 31.8 Å². The second kappa shape index (κ2) is 8.23. The van der Waals surface area contributed by atoms with E-state index in [9.17, 15) is 13.2 Å². The van der Waals surface area contributed by atoms with Crippen molar-refractivity contribution in [2.75, 3.05) is 18.3 Å². The van der Waals surface area contributed by atoms with Gasteiger partial charge in [-0.1, -0.05) is 28.1 Å². The SMILES string of the molecule is COc1ccc([C@@H](CC(=O)N2c3ccc(Br)cc3C[C@@H]2C)NS(C)(=O)=O)cc1. The monoisotopic (exact) mass is 466 g/mol. The normalized spacial score (nSPS) is 17.3. The highest BCUT2D eigenvalue weighted by Crippen LogP contribution is 2.35. The molecule has 1 heterocycles. The number of nitrogens with one attached hydrogen (secondary N) is 1. The van der Waals surface area contributed by atoms with Crippen LogP contribution in [0.5, 0.6) is 5.75 Å². The van der Waals surface area contributed by atoms with E-state index in [1.807, 2.05) is 25.1 Å². The molecule has 6 nitrogen and oxygen atoms in total. The maximum absolute atomic E-state index is 13.2. The van der Waals surface area contributed by atoms with E-state index in [0.717, 1.165) is 28.4 Å². The zero-order valence-electron chi connectivity index (χ0n) is 16.0. The average molecular weight is 467 g/mol. The molecule has 1 N–H and O–H groups in total. The van der Waals surface area contributed by atoms with Crippen molar-refractivity contribution in [3.63, 3.8) is 0 Å².